The Balaban J connectivity index is 1.97. The fraction of sp³-hybridized carbons (Fsp3) is 0.462. The maximum absolute atomic E-state index is 13.3. The van der Waals surface area contributed by atoms with Crippen LogP contribution in [-0.4, -0.2) is 55.0 Å². The van der Waals surface area contributed by atoms with Crippen LogP contribution in [0.25, 0.3) is 11.6 Å². The molecule has 0 saturated heterocycles. The fourth-order valence-corrected chi connectivity index (χ4v) is 4.39. The molecular weight excluding hydrogens is 428 g/mol. The van der Waals surface area contributed by atoms with Gasteiger partial charge in [-0.05, 0) is 60.6 Å². The lowest BCUT2D eigenvalue weighted by molar-refractivity contribution is -0.127. The first-order valence-electron chi connectivity index (χ1n) is 12.0. The number of benzene rings is 1. The van der Waals surface area contributed by atoms with Crippen LogP contribution in [0.4, 0.5) is 5.69 Å². The molecule has 3 N–H and O–H groups in total. The smallest absolute Gasteiger partial charge is 0.253 e. The molecule has 34 heavy (non-hydrogen) atoms. The van der Waals surface area contributed by atoms with Gasteiger partial charge in [0, 0.05) is 50.4 Å². The molecule has 0 bridgehead atoms. The maximum Gasteiger partial charge on any atom is 0.253 e. The zero-order chi connectivity index (χ0) is 24.7. The number of nitrogens with two attached hydrogens (primary N) is 1. The molecule has 1 atom stereocenters. The number of fused-ring (bicyclic) bond motifs is 1. The molecule has 8 nitrogen and oxygen atoms in total. The quantitative estimate of drug-likeness (QED) is 0.338. The summed E-state index contributed by atoms with van der Waals surface area (Å²) in [4.78, 5) is 29.3. The molecule has 2 aliphatic rings. The zero-order valence-corrected chi connectivity index (χ0v) is 20.7. The maximum atomic E-state index is 13.3. The van der Waals surface area contributed by atoms with Gasteiger partial charge >= 0.3 is 0 Å². The molecule has 1 heterocycles. The highest BCUT2D eigenvalue weighted by Gasteiger charge is 2.25. The molecule has 1 unspecified atom stereocenters. The largest absolute Gasteiger partial charge is 0.361 e. The summed E-state index contributed by atoms with van der Waals surface area (Å²) in [5, 5.41) is 11.0. The van der Waals surface area contributed by atoms with Gasteiger partial charge in [-0.25, -0.2) is 0 Å². The fourth-order valence-electron chi connectivity index (χ4n) is 4.39. The van der Waals surface area contributed by atoms with Gasteiger partial charge in [-0.3, -0.25) is 9.59 Å². The summed E-state index contributed by atoms with van der Waals surface area (Å²) in [6.45, 7) is 5.60. The molecule has 3 rings (SSSR count). The summed E-state index contributed by atoms with van der Waals surface area (Å²) < 4.78 is 0. The molecule has 0 fully saturated rings. The average Bonchev–Trinajstić information content (AvgIpc) is 3.01. The van der Waals surface area contributed by atoms with Gasteiger partial charge in [0.05, 0.1) is 0 Å². The number of nitrogens with zero attached hydrogens (tertiary/aromatic N) is 4. The van der Waals surface area contributed by atoms with E-state index in [1.54, 1.807) is 19.0 Å². The second kappa shape index (κ2) is 11.6. The van der Waals surface area contributed by atoms with Crippen LogP contribution in [0.1, 0.15) is 57.1 Å². The SMILES string of the molecule is CCCN(CCC)C(=O)C1=Cc2ccc(C3=CC(C(=O)N(C)C)=CCC3)cc2NC(N=NN)C1. The molecule has 1 aliphatic carbocycles. The van der Waals surface area contributed by atoms with Crippen molar-refractivity contribution in [3.05, 3.63) is 52.6 Å². The van der Waals surface area contributed by atoms with E-state index in [1.807, 2.05) is 29.2 Å². The van der Waals surface area contributed by atoms with Crippen LogP contribution in [0.2, 0.25) is 0 Å². The topological polar surface area (TPSA) is 103 Å². The summed E-state index contributed by atoms with van der Waals surface area (Å²) in [7, 11) is 3.52. The molecule has 0 aromatic heterocycles. The number of amides is 2. The van der Waals surface area contributed by atoms with Gasteiger partial charge in [0.15, 0.2) is 0 Å². The van der Waals surface area contributed by atoms with Gasteiger partial charge < -0.3 is 21.0 Å². The molecule has 2 amide bonds. The minimum Gasteiger partial charge on any atom is -0.361 e. The van der Waals surface area contributed by atoms with Gasteiger partial charge in [0.25, 0.3) is 5.91 Å². The van der Waals surface area contributed by atoms with E-state index in [-0.39, 0.29) is 11.8 Å². The zero-order valence-electron chi connectivity index (χ0n) is 20.7. The number of hydrogen-bond acceptors (Lipinski definition) is 5. The van der Waals surface area contributed by atoms with Crippen molar-refractivity contribution < 1.29 is 9.59 Å². The Morgan fingerprint density at radius 3 is 2.50 bits per heavy atom. The Hall–Kier alpha value is -3.42. The first kappa shape index (κ1) is 25.2. The number of rotatable bonds is 8. The van der Waals surface area contributed by atoms with Crippen LogP contribution in [0.3, 0.4) is 0 Å². The Kier molecular flexibility index (Phi) is 8.62. The number of carbonyl (C=O) groups is 2. The molecule has 1 aliphatic heterocycles. The van der Waals surface area contributed by atoms with Crippen LogP contribution < -0.4 is 11.2 Å². The summed E-state index contributed by atoms with van der Waals surface area (Å²) in [5.74, 6) is 5.41. The van der Waals surface area contributed by atoms with Crippen LogP contribution >= 0.6 is 0 Å². The van der Waals surface area contributed by atoms with E-state index in [4.69, 9.17) is 5.84 Å². The van der Waals surface area contributed by atoms with Gasteiger partial charge in [0.2, 0.25) is 5.91 Å². The predicted octanol–water partition coefficient (Wildman–Crippen LogP) is 4.38. The third-order valence-corrected chi connectivity index (χ3v) is 6.00. The third kappa shape index (κ3) is 5.92. The summed E-state index contributed by atoms with van der Waals surface area (Å²) in [6.07, 6.45) is 9.37. The van der Waals surface area contributed by atoms with Crippen LogP contribution in [0.5, 0.6) is 0 Å². The number of anilines is 1. The summed E-state index contributed by atoms with van der Waals surface area (Å²) in [5.41, 5.74) is 5.34. The van der Waals surface area contributed by atoms with Crippen molar-refractivity contribution in [3.8, 4) is 0 Å². The molecule has 1 aromatic carbocycles. The average molecular weight is 465 g/mol. The van der Waals surface area contributed by atoms with E-state index < -0.39 is 6.17 Å². The first-order valence-corrected chi connectivity index (χ1v) is 12.0. The lowest BCUT2D eigenvalue weighted by atomic mass is 9.92. The Labute approximate surface area is 202 Å². The number of allylic oxidation sites excluding steroid dienone is 2. The molecule has 0 radical (unpaired) electrons. The van der Waals surface area contributed by atoms with E-state index in [0.717, 1.165) is 61.2 Å². The van der Waals surface area contributed by atoms with Crippen LogP contribution in [-0.2, 0) is 9.59 Å². The molecule has 0 saturated carbocycles. The Bertz CT molecular complexity index is 1030. The van der Waals surface area contributed by atoms with Crippen LogP contribution in [0.15, 0.2) is 51.8 Å². The summed E-state index contributed by atoms with van der Waals surface area (Å²) >= 11 is 0. The third-order valence-electron chi connectivity index (χ3n) is 6.00. The Morgan fingerprint density at radius 1 is 1.12 bits per heavy atom. The lowest BCUT2D eigenvalue weighted by Gasteiger charge is -2.23. The second-order valence-electron chi connectivity index (χ2n) is 8.93. The molecule has 1 aromatic rings. The highest BCUT2D eigenvalue weighted by atomic mass is 16.2. The van der Waals surface area contributed by atoms with E-state index in [0.29, 0.717) is 17.6 Å². The van der Waals surface area contributed by atoms with Gasteiger partial charge in [-0.1, -0.05) is 37.3 Å². The van der Waals surface area contributed by atoms with E-state index >= 15 is 0 Å². The van der Waals surface area contributed by atoms with Gasteiger partial charge in [-0.2, -0.15) is 0 Å². The Morgan fingerprint density at radius 2 is 1.85 bits per heavy atom. The van der Waals surface area contributed by atoms with Crippen molar-refractivity contribution in [2.75, 3.05) is 32.5 Å². The van der Waals surface area contributed by atoms with Crippen molar-refractivity contribution in [3.63, 3.8) is 0 Å². The molecular formula is C26H36N6O2. The van der Waals surface area contributed by atoms with E-state index in [9.17, 15) is 9.59 Å². The monoisotopic (exact) mass is 464 g/mol. The highest BCUT2D eigenvalue weighted by Crippen LogP contribution is 2.33. The van der Waals surface area contributed by atoms with Crippen LogP contribution in [0, 0.1) is 0 Å². The molecule has 182 valence electrons. The molecule has 8 heteroatoms. The number of likely N-dealkylation sites (N-methyl/N-ethyl adjacent to an activating group) is 1. The predicted molar refractivity (Wildman–Crippen MR) is 137 cm³/mol. The molecule has 0 spiro atoms. The van der Waals surface area contributed by atoms with Crippen molar-refractivity contribution in [1.29, 1.82) is 0 Å². The van der Waals surface area contributed by atoms with Crippen molar-refractivity contribution in [2.24, 2.45) is 16.2 Å². The highest BCUT2D eigenvalue weighted by molar-refractivity contribution is 6.00. The first-order chi connectivity index (χ1) is 16.4. The van der Waals surface area contributed by atoms with E-state index in [1.165, 1.54) is 0 Å². The minimum absolute atomic E-state index is 0.00306. The normalized spacial score (nSPS) is 17.6. The van der Waals surface area contributed by atoms with Crippen molar-refractivity contribution in [1.82, 2.24) is 9.80 Å². The van der Waals surface area contributed by atoms with E-state index in [2.05, 4.69) is 41.6 Å². The minimum atomic E-state index is -0.437. The summed E-state index contributed by atoms with van der Waals surface area (Å²) in [6, 6.07) is 6.13. The van der Waals surface area contributed by atoms with Gasteiger partial charge in [0.1, 0.15) is 6.17 Å². The number of nitrogens with one attached hydrogen (secondary N) is 1. The lowest BCUT2D eigenvalue weighted by Crippen LogP contribution is -2.34. The van der Waals surface area contributed by atoms with Gasteiger partial charge in [-0.15, -0.1) is 5.11 Å². The van der Waals surface area contributed by atoms with Crippen molar-refractivity contribution in [2.45, 2.75) is 52.1 Å². The number of hydrogen-bond donors (Lipinski definition) is 2. The second-order valence-corrected chi connectivity index (χ2v) is 8.93. The number of carbonyl (C=O) groups excluding carboxylic acids is 2. The van der Waals surface area contributed by atoms with Crippen molar-refractivity contribution >= 4 is 29.2 Å². The standard InChI is InChI=1S/C26H36N6O2/c1-5-12-32(13-6-2)26(34)22-15-20-11-10-19(16-23(20)28-24(17-22)29-30-27)18-8-7-9-21(14-18)25(33)31(3)4/h9-11,14-16,24,28H,5-8,12-13,17H2,1-4H3,(H2,27,29).